The van der Waals surface area contributed by atoms with E-state index in [-0.39, 0.29) is 0 Å². The summed E-state index contributed by atoms with van der Waals surface area (Å²) in [4.78, 5) is 4.18. The van der Waals surface area contributed by atoms with E-state index in [2.05, 4.69) is 11.1 Å². The van der Waals surface area contributed by atoms with Crippen molar-refractivity contribution in [2.24, 2.45) is 0 Å². The van der Waals surface area contributed by atoms with Crippen LogP contribution in [-0.4, -0.2) is 4.98 Å². The van der Waals surface area contributed by atoms with Gasteiger partial charge >= 0.3 is 0 Å². The van der Waals surface area contributed by atoms with Crippen molar-refractivity contribution in [3.8, 4) is 6.07 Å². The van der Waals surface area contributed by atoms with Crippen molar-refractivity contribution in [2.75, 3.05) is 0 Å². The molecule has 0 fully saturated rings. The minimum absolute atomic E-state index is 0.689. The van der Waals surface area contributed by atoms with Crippen LogP contribution < -0.4 is 0 Å². The molecule has 76 valence electrons. The molecule has 2 nitrogen and oxygen atoms in total. The number of benzene rings is 1. The number of nitrogens with zero attached hydrogens (tertiary/aromatic N) is 2. The van der Waals surface area contributed by atoms with E-state index in [0.29, 0.717) is 5.56 Å². The van der Waals surface area contributed by atoms with Crippen LogP contribution in [0.4, 0.5) is 0 Å². The molecule has 0 atom stereocenters. The van der Waals surface area contributed by atoms with Gasteiger partial charge in [-0.3, -0.25) is 4.98 Å². The van der Waals surface area contributed by atoms with Crippen LogP contribution in [0.15, 0.2) is 30.5 Å². The molecule has 0 spiro atoms. The van der Waals surface area contributed by atoms with Crippen LogP contribution in [0.2, 0.25) is 0 Å². The number of hydrogen-bond acceptors (Lipinski definition) is 2. The van der Waals surface area contributed by atoms with Gasteiger partial charge in [0.05, 0.1) is 17.1 Å². The summed E-state index contributed by atoms with van der Waals surface area (Å²) in [5.41, 5.74) is 2.72. The molecule has 2 aromatic rings. The third-order valence-electron chi connectivity index (χ3n) is 2.02. The molecule has 1 heterocycles. The second-order valence-electron chi connectivity index (χ2n) is 2.99. The van der Waals surface area contributed by atoms with Crippen LogP contribution in [0.3, 0.4) is 0 Å². The van der Waals surface area contributed by atoms with E-state index in [0.717, 1.165) is 16.5 Å². The molecule has 0 aliphatic carbocycles. The molecule has 0 aliphatic heterocycles. The number of rotatable bonds is 0. The highest BCUT2D eigenvalue weighted by molar-refractivity contribution is 5.84. The average Bonchev–Trinajstić information content (AvgIpc) is 2.31. The maximum absolute atomic E-state index is 8.85. The minimum atomic E-state index is 0.689. The third-order valence-corrected chi connectivity index (χ3v) is 2.02. The summed E-state index contributed by atoms with van der Waals surface area (Å²) in [6.45, 7) is 6.01. The first kappa shape index (κ1) is 11.2. The lowest BCUT2D eigenvalue weighted by molar-refractivity contribution is 1.37. The lowest BCUT2D eigenvalue weighted by atomic mass is 10.1. The molecule has 15 heavy (non-hydrogen) atoms. The maximum atomic E-state index is 8.85. The molecule has 1 aromatic carbocycles. The molecule has 0 radical (unpaired) electrons. The van der Waals surface area contributed by atoms with Crippen LogP contribution in [-0.2, 0) is 0 Å². The zero-order chi connectivity index (χ0) is 11.3. The molecule has 0 saturated heterocycles. The van der Waals surface area contributed by atoms with Gasteiger partial charge in [-0.15, -0.1) is 0 Å². The monoisotopic (exact) mass is 198 g/mol. The number of hydrogen-bond donors (Lipinski definition) is 0. The number of aryl methyl sites for hydroxylation is 1. The summed E-state index contributed by atoms with van der Waals surface area (Å²) in [6, 6.07) is 9.81. The van der Waals surface area contributed by atoms with Gasteiger partial charge in [-0.25, -0.2) is 0 Å². The smallest absolute Gasteiger partial charge is 0.0999 e. The van der Waals surface area contributed by atoms with Gasteiger partial charge in [0, 0.05) is 11.6 Å². The van der Waals surface area contributed by atoms with Crippen molar-refractivity contribution in [1.82, 2.24) is 4.98 Å². The number of pyridine rings is 1. The zero-order valence-electron chi connectivity index (χ0n) is 9.28. The normalized spacial score (nSPS) is 8.93. The second kappa shape index (κ2) is 5.11. The Morgan fingerprint density at radius 2 is 1.93 bits per heavy atom. The van der Waals surface area contributed by atoms with E-state index in [1.54, 1.807) is 12.3 Å². The Hall–Kier alpha value is -1.88. The minimum Gasteiger partial charge on any atom is -0.256 e. The Bertz CT molecular complexity index is 495. The van der Waals surface area contributed by atoms with Crippen LogP contribution in [0.1, 0.15) is 25.0 Å². The molecule has 0 unspecified atom stereocenters. The van der Waals surface area contributed by atoms with Gasteiger partial charge < -0.3 is 0 Å². The van der Waals surface area contributed by atoms with Gasteiger partial charge in [0.15, 0.2) is 0 Å². The Balaban J connectivity index is 0.000000531. The maximum Gasteiger partial charge on any atom is 0.0999 e. The average molecular weight is 198 g/mol. The van der Waals surface area contributed by atoms with Gasteiger partial charge in [0.25, 0.3) is 0 Å². The summed E-state index contributed by atoms with van der Waals surface area (Å²) in [5.74, 6) is 0. The highest BCUT2D eigenvalue weighted by Gasteiger charge is 1.99. The van der Waals surface area contributed by atoms with E-state index in [1.165, 1.54) is 0 Å². The summed E-state index contributed by atoms with van der Waals surface area (Å²) < 4.78 is 0. The lowest BCUT2D eigenvalue weighted by Crippen LogP contribution is -1.83. The zero-order valence-corrected chi connectivity index (χ0v) is 9.28. The molecule has 0 amide bonds. The van der Waals surface area contributed by atoms with Crippen LogP contribution >= 0.6 is 0 Å². The molecular formula is C13H14N2. The quantitative estimate of drug-likeness (QED) is 0.650. The first-order chi connectivity index (χ1) is 7.31. The third kappa shape index (κ3) is 2.32. The number of fused-ring (bicyclic) bond motifs is 1. The van der Waals surface area contributed by atoms with Crippen molar-refractivity contribution < 1.29 is 0 Å². The molecule has 2 rings (SSSR count). The van der Waals surface area contributed by atoms with Gasteiger partial charge in [-0.05, 0) is 25.1 Å². The van der Waals surface area contributed by atoms with Crippen LogP contribution in [0.5, 0.6) is 0 Å². The molecular weight excluding hydrogens is 184 g/mol. The molecule has 0 saturated carbocycles. The molecule has 2 heteroatoms. The Labute approximate surface area is 90.2 Å². The number of aromatic nitrogens is 1. The van der Waals surface area contributed by atoms with Crippen LogP contribution in [0.25, 0.3) is 10.9 Å². The SMILES string of the molecule is CC.Cc1ccc2nccc(C#N)c2c1. The van der Waals surface area contributed by atoms with Gasteiger partial charge in [-0.2, -0.15) is 5.26 Å². The molecule has 0 bridgehead atoms. The van der Waals surface area contributed by atoms with E-state index in [4.69, 9.17) is 5.26 Å². The van der Waals surface area contributed by atoms with E-state index < -0.39 is 0 Å². The Kier molecular flexibility index (Phi) is 3.82. The van der Waals surface area contributed by atoms with Crippen molar-refractivity contribution in [3.05, 3.63) is 41.6 Å². The Morgan fingerprint density at radius 3 is 2.60 bits per heavy atom. The van der Waals surface area contributed by atoms with Crippen molar-refractivity contribution in [2.45, 2.75) is 20.8 Å². The molecule has 0 N–H and O–H groups in total. The topological polar surface area (TPSA) is 36.7 Å². The highest BCUT2D eigenvalue weighted by atomic mass is 14.6. The summed E-state index contributed by atoms with van der Waals surface area (Å²) in [7, 11) is 0. The van der Waals surface area contributed by atoms with E-state index in [1.807, 2.05) is 39.0 Å². The van der Waals surface area contributed by atoms with Gasteiger partial charge in [-0.1, -0.05) is 25.5 Å². The summed E-state index contributed by atoms with van der Waals surface area (Å²) in [5, 5.41) is 9.78. The van der Waals surface area contributed by atoms with Gasteiger partial charge in [0.1, 0.15) is 0 Å². The fourth-order valence-corrected chi connectivity index (χ4v) is 1.36. The molecule has 0 aliphatic rings. The summed E-state index contributed by atoms with van der Waals surface area (Å²) >= 11 is 0. The lowest BCUT2D eigenvalue weighted by Gasteiger charge is -1.99. The summed E-state index contributed by atoms with van der Waals surface area (Å²) in [6.07, 6.45) is 1.66. The predicted octanol–water partition coefficient (Wildman–Crippen LogP) is 3.44. The molecule has 1 aromatic heterocycles. The van der Waals surface area contributed by atoms with E-state index >= 15 is 0 Å². The standard InChI is InChI=1S/C11H8N2.C2H6/c1-8-2-3-11-10(6-8)9(7-12)4-5-13-11;1-2/h2-6H,1H3;1-2H3. The Morgan fingerprint density at radius 1 is 1.20 bits per heavy atom. The largest absolute Gasteiger partial charge is 0.256 e. The van der Waals surface area contributed by atoms with Crippen molar-refractivity contribution in [1.29, 1.82) is 5.26 Å². The van der Waals surface area contributed by atoms with Crippen LogP contribution in [0, 0.1) is 18.3 Å². The van der Waals surface area contributed by atoms with Crippen molar-refractivity contribution >= 4 is 10.9 Å². The first-order valence-corrected chi connectivity index (χ1v) is 5.07. The predicted molar refractivity (Wildman–Crippen MR) is 62.5 cm³/mol. The highest BCUT2D eigenvalue weighted by Crippen LogP contribution is 2.16. The fourth-order valence-electron chi connectivity index (χ4n) is 1.36. The first-order valence-electron chi connectivity index (χ1n) is 5.07. The second-order valence-corrected chi connectivity index (χ2v) is 2.99. The number of nitriles is 1. The van der Waals surface area contributed by atoms with Crippen molar-refractivity contribution in [3.63, 3.8) is 0 Å². The van der Waals surface area contributed by atoms with E-state index in [9.17, 15) is 0 Å². The fraction of sp³-hybridized carbons (Fsp3) is 0.231. The van der Waals surface area contributed by atoms with Gasteiger partial charge in [0.2, 0.25) is 0 Å².